The fourth-order valence-electron chi connectivity index (χ4n) is 5.33. The van der Waals surface area contributed by atoms with Crippen molar-refractivity contribution >= 4 is 11.0 Å². The van der Waals surface area contributed by atoms with Crippen LogP contribution in [0.2, 0.25) is 0 Å². The molecule has 4 nitrogen and oxygen atoms in total. The van der Waals surface area contributed by atoms with Gasteiger partial charge in [0, 0.05) is 18.0 Å². The molecular formula is C33H32N2O2. The molecule has 37 heavy (non-hydrogen) atoms. The number of nitrogens with zero attached hydrogens (tertiary/aromatic N) is 2. The number of imidazole rings is 1. The third kappa shape index (κ3) is 5.24. The lowest BCUT2D eigenvalue weighted by Gasteiger charge is -2.25. The predicted octanol–water partition coefficient (Wildman–Crippen LogP) is 8.62. The zero-order valence-corrected chi connectivity index (χ0v) is 21.1. The molecule has 4 aromatic carbocycles. The Bertz CT molecular complexity index is 1450. The van der Waals surface area contributed by atoms with Crippen molar-refractivity contribution in [2.24, 2.45) is 0 Å². The lowest BCUT2D eigenvalue weighted by atomic mass is 9.95. The largest absolute Gasteiger partial charge is 0.489 e. The smallest absolute Gasteiger partial charge is 0.169 e. The van der Waals surface area contributed by atoms with E-state index < -0.39 is 0 Å². The van der Waals surface area contributed by atoms with Crippen molar-refractivity contribution in [3.8, 4) is 28.6 Å². The topological polar surface area (TPSA) is 36.3 Å². The molecule has 186 valence electrons. The van der Waals surface area contributed by atoms with E-state index in [0.717, 1.165) is 40.6 Å². The first kappa shape index (κ1) is 23.4. The zero-order chi connectivity index (χ0) is 24.9. The first-order valence-corrected chi connectivity index (χ1v) is 13.4. The molecule has 1 heterocycles. The average Bonchev–Trinajstić information content (AvgIpc) is 3.35. The summed E-state index contributed by atoms with van der Waals surface area (Å²) in [6, 6.07) is 35.6. The van der Waals surface area contributed by atoms with E-state index in [4.69, 9.17) is 14.5 Å². The van der Waals surface area contributed by atoms with Gasteiger partial charge in [-0.05, 0) is 66.9 Å². The van der Waals surface area contributed by atoms with Crippen molar-refractivity contribution in [2.75, 3.05) is 6.61 Å². The van der Waals surface area contributed by atoms with Gasteiger partial charge in [-0.25, -0.2) is 4.98 Å². The van der Waals surface area contributed by atoms with Crippen molar-refractivity contribution in [1.29, 1.82) is 0 Å². The van der Waals surface area contributed by atoms with E-state index in [1.165, 1.54) is 43.2 Å². The van der Waals surface area contributed by atoms with Crippen molar-refractivity contribution in [1.82, 2.24) is 9.55 Å². The fourth-order valence-corrected chi connectivity index (χ4v) is 5.33. The molecule has 1 aliphatic rings. The Labute approximate surface area is 218 Å². The van der Waals surface area contributed by atoms with Crippen LogP contribution < -0.4 is 9.47 Å². The Morgan fingerprint density at radius 1 is 0.703 bits per heavy atom. The SMILES string of the molecule is c1ccc(CCOc2ccccc2Oc2ccc(-c3nc4ccccc4n3C3CCCCC3)cc2)cc1. The van der Waals surface area contributed by atoms with Crippen LogP contribution in [0, 0.1) is 0 Å². The molecule has 1 saturated carbocycles. The maximum atomic E-state index is 6.26. The summed E-state index contributed by atoms with van der Waals surface area (Å²) in [7, 11) is 0. The second kappa shape index (κ2) is 10.9. The number of benzene rings is 4. The van der Waals surface area contributed by atoms with Crippen molar-refractivity contribution in [2.45, 2.75) is 44.6 Å². The maximum absolute atomic E-state index is 6.26. The number of fused-ring (bicyclic) bond motifs is 1. The molecule has 0 amide bonds. The summed E-state index contributed by atoms with van der Waals surface area (Å²) in [5.74, 6) is 3.30. The van der Waals surface area contributed by atoms with Gasteiger partial charge in [0.25, 0.3) is 0 Å². The molecule has 5 aromatic rings. The predicted molar refractivity (Wildman–Crippen MR) is 149 cm³/mol. The molecule has 1 fully saturated rings. The van der Waals surface area contributed by atoms with Crippen LogP contribution in [-0.2, 0) is 6.42 Å². The van der Waals surface area contributed by atoms with Crippen molar-refractivity contribution in [3.63, 3.8) is 0 Å². The summed E-state index contributed by atoms with van der Waals surface area (Å²) in [6.45, 7) is 0.598. The van der Waals surface area contributed by atoms with Crippen LogP contribution in [0.4, 0.5) is 0 Å². The summed E-state index contributed by atoms with van der Waals surface area (Å²) in [5.41, 5.74) is 4.66. The van der Waals surface area contributed by atoms with Crippen LogP contribution >= 0.6 is 0 Å². The Morgan fingerprint density at radius 3 is 2.22 bits per heavy atom. The highest BCUT2D eigenvalue weighted by Crippen LogP contribution is 2.37. The van der Waals surface area contributed by atoms with Gasteiger partial charge in [-0.15, -0.1) is 0 Å². The van der Waals surface area contributed by atoms with Gasteiger partial charge in [-0.3, -0.25) is 0 Å². The number of rotatable bonds is 8. The minimum absolute atomic E-state index is 0.506. The molecule has 0 bridgehead atoms. The summed E-state index contributed by atoms with van der Waals surface area (Å²) in [5, 5.41) is 0. The van der Waals surface area contributed by atoms with Crippen LogP contribution in [0.5, 0.6) is 17.2 Å². The number of para-hydroxylation sites is 4. The van der Waals surface area contributed by atoms with Gasteiger partial charge < -0.3 is 14.0 Å². The van der Waals surface area contributed by atoms with Gasteiger partial charge in [0.05, 0.1) is 17.6 Å². The normalized spacial score (nSPS) is 14.1. The monoisotopic (exact) mass is 488 g/mol. The molecule has 0 atom stereocenters. The molecule has 4 heteroatoms. The number of aromatic nitrogens is 2. The highest BCUT2D eigenvalue weighted by molar-refractivity contribution is 5.81. The van der Waals surface area contributed by atoms with E-state index in [0.29, 0.717) is 12.6 Å². The van der Waals surface area contributed by atoms with Crippen molar-refractivity contribution < 1.29 is 9.47 Å². The first-order chi connectivity index (χ1) is 18.3. The maximum Gasteiger partial charge on any atom is 0.169 e. The Balaban J connectivity index is 1.21. The number of hydrogen-bond donors (Lipinski definition) is 0. The zero-order valence-electron chi connectivity index (χ0n) is 21.1. The minimum atomic E-state index is 0.506. The van der Waals surface area contributed by atoms with Gasteiger partial charge in [0.2, 0.25) is 0 Å². The van der Waals surface area contributed by atoms with E-state index in [9.17, 15) is 0 Å². The fraction of sp³-hybridized carbons (Fsp3) is 0.242. The molecular weight excluding hydrogens is 456 g/mol. The third-order valence-corrected chi connectivity index (χ3v) is 7.22. The van der Waals surface area contributed by atoms with Crippen LogP contribution in [0.25, 0.3) is 22.4 Å². The second-order valence-electron chi connectivity index (χ2n) is 9.74. The van der Waals surface area contributed by atoms with Gasteiger partial charge in [0.1, 0.15) is 11.6 Å². The summed E-state index contributed by atoms with van der Waals surface area (Å²) < 4.78 is 14.8. The highest BCUT2D eigenvalue weighted by Gasteiger charge is 2.22. The Hall–Kier alpha value is -4.05. The molecule has 1 aliphatic carbocycles. The van der Waals surface area contributed by atoms with E-state index in [-0.39, 0.29) is 0 Å². The van der Waals surface area contributed by atoms with Crippen LogP contribution in [-0.4, -0.2) is 16.2 Å². The Morgan fingerprint density at radius 2 is 1.41 bits per heavy atom. The standard InChI is InChI=1S/C33H32N2O2/c1-3-11-25(12-4-1)23-24-36-31-17-9-10-18-32(31)37-28-21-19-26(20-22-28)33-34-29-15-7-8-16-30(29)35(33)27-13-5-2-6-14-27/h1,3-4,7-12,15-22,27H,2,5-6,13-14,23-24H2. The molecule has 0 saturated heterocycles. The molecule has 6 rings (SSSR count). The van der Waals surface area contributed by atoms with Gasteiger partial charge in [0.15, 0.2) is 11.5 Å². The summed E-state index contributed by atoms with van der Waals surface area (Å²) in [6.07, 6.45) is 7.20. The lowest BCUT2D eigenvalue weighted by molar-refractivity contribution is 0.306. The van der Waals surface area contributed by atoms with Gasteiger partial charge in [-0.2, -0.15) is 0 Å². The number of hydrogen-bond acceptors (Lipinski definition) is 3. The van der Waals surface area contributed by atoms with E-state index >= 15 is 0 Å². The van der Waals surface area contributed by atoms with E-state index in [1.54, 1.807) is 0 Å². The third-order valence-electron chi connectivity index (χ3n) is 7.22. The summed E-state index contributed by atoms with van der Waals surface area (Å²) >= 11 is 0. The van der Waals surface area contributed by atoms with Gasteiger partial charge >= 0.3 is 0 Å². The number of ether oxygens (including phenoxy) is 2. The van der Waals surface area contributed by atoms with Crippen LogP contribution in [0.3, 0.4) is 0 Å². The molecule has 0 spiro atoms. The van der Waals surface area contributed by atoms with Gasteiger partial charge in [-0.1, -0.05) is 73.9 Å². The summed E-state index contributed by atoms with van der Waals surface area (Å²) in [4.78, 5) is 5.05. The van der Waals surface area contributed by atoms with Crippen LogP contribution in [0.1, 0.15) is 43.7 Å². The first-order valence-electron chi connectivity index (χ1n) is 13.4. The quantitative estimate of drug-likeness (QED) is 0.219. The molecule has 1 aromatic heterocycles. The second-order valence-corrected chi connectivity index (χ2v) is 9.74. The van der Waals surface area contributed by atoms with Crippen LogP contribution in [0.15, 0.2) is 103 Å². The van der Waals surface area contributed by atoms with E-state index in [2.05, 4.69) is 65.2 Å². The molecule has 0 radical (unpaired) electrons. The average molecular weight is 489 g/mol. The van der Waals surface area contributed by atoms with E-state index in [1.807, 2.05) is 42.5 Å². The van der Waals surface area contributed by atoms with Crippen molar-refractivity contribution in [3.05, 3.63) is 109 Å². The molecule has 0 N–H and O–H groups in total. The molecule has 0 aliphatic heterocycles. The molecule has 0 unspecified atom stereocenters. The minimum Gasteiger partial charge on any atom is -0.489 e. The Kier molecular flexibility index (Phi) is 6.89. The highest BCUT2D eigenvalue weighted by atomic mass is 16.5. The lowest BCUT2D eigenvalue weighted by Crippen LogP contribution is -2.13.